The highest BCUT2D eigenvalue weighted by Gasteiger charge is 2.38. The van der Waals surface area contributed by atoms with Crippen LogP contribution in [0.2, 0.25) is 0 Å². The summed E-state index contributed by atoms with van der Waals surface area (Å²) in [5.74, 6) is -0.223. The molecule has 3 N–H and O–H groups in total. The summed E-state index contributed by atoms with van der Waals surface area (Å²) in [5, 5.41) is 9.96. The molecular formula is C10H17NO2. The Bertz CT molecular complexity index is 227. The van der Waals surface area contributed by atoms with Crippen LogP contribution < -0.4 is 5.73 Å². The summed E-state index contributed by atoms with van der Waals surface area (Å²) < 4.78 is 0. The van der Waals surface area contributed by atoms with Gasteiger partial charge in [-0.05, 0) is 38.2 Å². The highest BCUT2D eigenvalue weighted by Crippen LogP contribution is 2.29. The molecule has 1 fully saturated rings. The first kappa shape index (κ1) is 10.4. The molecule has 74 valence electrons. The molecule has 0 spiro atoms. The molecule has 1 rings (SSSR count). The molecular weight excluding hydrogens is 166 g/mol. The van der Waals surface area contributed by atoms with Crippen molar-refractivity contribution < 1.29 is 9.90 Å². The molecule has 0 heterocycles. The Labute approximate surface area is 78.6 Å². The van der Waals surface area contributed by atoms with Crippen molar-refractivity contribution in [1.29, 1.82) is 0 Å². The van der Waals surface area contributed by atoms with Crippen molar-refractivity contribution in [3.8, 4) is 0 Å². The van der Waals surface area contributed by atoms with Crippen molar-refractivity contribution in [2.75, 3.05) is 0 Å². The van der Waals surface area contributed by atoms with E-state index in [0.29, 0.717) is 18.4 Å². The molecule has 1 aliphatic rings. The summed E-state index contributed by atoms with van der Waals surface area (Å²) in [5.41, 5.74) is 4.94. The normalized spacial score (nSPS) is 34.2. The van der Waals surface area contributed by atoms with Gasteiger partial charge in [0.1, 0.15) is 5.60 Å². The van der Waals surface area contributed by atoms with E-state index in [1.54, 1.807) is 6.92 Å². The van der Waals surface area contributed by atoms with E-state index >= 15 is 0 Å². The molecule has 0 amide bonds. The number of carbonyl (C=O) groups excluding carboxylic acids is 1. The molecule has 3 heteroatoms. The van der Waals surface area contributed by atoms with Crippen molar-refractivity contribution in [2.24, 2.45) is 5.73 Å². The van der Waals surface area contributed by atoms with E-state index in [1.807, 2.05) is 0 Å². The Morgan fingerprint density at radius 2 is 2.00 bits per heavy atom. The van der Waals surface area contributed by atoms with E-state index < -0.39 is 5.60 Å². The number of nitrogens with two attached hydrogens (primary N) is 1. The Morgan fingerprint density at radius 1 is 1.54 bits per heavy atom. The van der Waals surface area contributed by atoms with Gasteiger partial charge in [-0.3, -0.25) is 4.79 Å². The van der Waals surface area contributed by atoms with E-state index in [-0.39, 0.29) is 11.8 Å². The number of hydrogen-bond acceptors (Lipinski definition) is 3. The molecule has 1 aliphatic carbocycles. The molecule has 0 unspecified atom stereocenters. The Kier molecular flexibility index (Phi) is 2.88. The first-order valence-electron chi connectivity index (χ1n) is 4.64. The average Bonchev–Trinajstić information content (AvgIpc) is 2.09. The van der Waals surface area contributed by atoms with Gasteiger partial charge in [-0.1, -0.05) is 6.58 Å². The second kappa shape index (κ2) is 3.60. The lowest BCUT2D eigenvalue weighted by Gasteiger charge is -2.33. The standard InChI is InChI=1S/C10H17NO2/c1-7(2)9(12)10(13)5-3-8(11)4-6-10/h8,13H,1,3-6,11H2,2H3. The largest absolute Gasteiger partial charge is 0.382 e. The molecule has 0 aromatic carbocycles. The second-order valence-corrected chi connectivity index (χ2v) is 3.98. The van der Waals surface area contributed by atoms with Crippen LogP contribution in [0.1, 0.15) is 32.6 Å². The van der Waals surface area contributed by atoms with Crippen molar-refractivity contribution in [3.63, 3.8) is 0 Å². The number of rotatable bonds is 2. The van der Waals surface area contributed by atoms with Crippen molar-refractivity contribution in [1.82, 2.24) is 0 Å². The van der Waals surface area contributed by atoms with Crippen molar-refractivity contribution in [3.05, 3.63) is 12.2 Å². The van der Waals surface area contributed by atoms with E-state index in [2.05, 4.69) is 6.58 Å². The molecule has 0 radical (unpaired) electrons. The maximum absolute atomic E-state index is 11.5. The van der Waals surface area contributed by atoms with Gasteiger partial charge >= 0.3 is 0 Å². The number of aliphatic hydroxyl groups is 1. The third-order valence-electron chi connectivity index (χ3n) is 2.67. The van der Waals surface area contributed by atoms with Gasteiger partial charge in [0.2, 0.25) is 0 Å². The van der Waals surface area contributed by atoms with Crippen LogP contribution in [-0.2, 0) is 4.79 Å². The van der Waals surface area contributed by atoms with Crippen LogP contribution in [0.15, 0.2) is 12.2 Å². The van der Waals surface area contributed by atoms with Crippen LogP contribution in [-0.4, -0.2) is 22.5 Å². The summed E-state index contributed by atoms with van der Waals surface area (Å²) in [6.45, 7) is 5.19. The van der Waals surface area contributed by atoms with Crippen molar-refractivity contribution >= 4 is 5.78 Å². The number of carbonyl (C=O) groups is 1. The van der Waals surface area contributed by atoms with Gasteiger partial charge in [0, 0.05) is 6.04 Å². The zero-order valence-electron chi connectivity index (χ0n) is 8.05. The van der Waals surface area contributed by atoms with Gasteiger partial charge in [-0.15, -0.1) is 0 Å². The van der Waals surface area contributed by atoms with Gasteiger partial charge < -0.3 is 10.8 Å². The Balaban J connectivity index is 2.67. The first-order chi connectivity index (χ1) is 5.96. The predicted octanol–water partition coefficient (Wildman–Crippen LogP) is 0.764. The molecule has 0 aliphatic heterocycles. The van der Waals surface area contributed by atoms with Gasteiger partial charge in [0.25, 0.3) is 0 Å². The second-order valence-electron chi connectivity index (χ2n) is 3.98. The van der Waals surface area contributed by atoms with Crippen LogP contribution in [0, 0.1) is 0 Å². The quantitative estimate of drug-likeness (QED) is 0.621. The molecule has 0 aromatic rings. The third kappa shape index (κ3) is 2.17. The lowest BCUT2D eigenvalue weighted by molar-refractivity contribution is -0.136. The number of Topliss-reactive ketones (excluding diaryl/α,β-unsaturated/α-hetero) is 1. The van der Waals surface area contributed by atoms with Crippen LogP contribution in [0.5, 0.6) is 0 Å². The highest BCUT2D eigenvalue weighted by atomic mass is 16.3. The van der Waals surface area contributed by atoms with E-state index in [9.17, 15) is 9.90 Å². The van der Waals surface area contributed by atoms with E-state index in [1.165, 1.54) is 0 Å². The third-order valence-corrected chi connectivity index (χ3v) is 2.67. The molecule has 13 heavy (non-hydrogen) atoms. The van der Waals surface area contributed by atoms with Crippen LogP contribution in [0.3, 0.4) is 0 Å². The Morgan fingerprint density at radius 3 is 2.38 bits per heavy atom. The molecule has 3 nitrogen and oxygen atoms in total. The number of ketones is 1. The summed E-state index contributed by atoms with van der Waals surface area (Å²) in [4.78, 5) is 11.5. The minimum absolute atomic E-state index is 0.137. The van der Waals surface area contributed by atoms with Gasteiger partial charge in [0.15, 0.2) is 5.78 Å². The summed E-state index contributed by atoms with van der Waals surface area (Å²) in [7, 11) is 0. The minimum atomic E-state index is -1.18. The predicted molar refractivity (Wildman–Crippen MR) is 51.2 cm³/mol. The maximum atomic E-state index is 11.5. The zero-order chi connectivity index (χ0) is 10.1. The van der Waals surface area contributed by atoms with Crippen molar-refractivity contribution in [2.45, 2.75) is 44.2 Å². The molecule has 0 bridgehead atoms. The first-order valence-corrected chi connectivity index (χ1v) is 4.64. The fourth-order valence-corrected chi connectivity index (χ4v) is 1.74. The monoisotopic (exact) mass is 183 g/mol. The average molecular weight is 183 g/mol. The maximum Gasteiger partial charge on any atom is 0.189 e. The summed E-state index contributed by atoms with van der Waals surface area (Å²) in [6.07, 6.45) is 2.38. The molecule has 0 aromatic heterocycles. The fraction of sp³-hybridized carbons (Fsp3) is 0.700. The van der Waals surface area contributed by atoms with E-state index in [4.69, 9.17) is 5.73 Å². The van der Waals surface area contributed by atoms with Crippen LogP contribution in [0.25, 0.3) is 0 Å². The van der Waals surface area contributed by atoms with Crippen LogP contribution in [0.4, 0.5) is 0 Å². The number of hydrogen-bond donors (Lipinski definition) is 2. The minimum Gasteiger partial charge on any atom is -0.382 e. The van der Waals surface area contributed by atoms with Gasteiger partial charge in [0.05, 0.1) is 0 Å². The summed E-state index contributed by atoms with van der Waals surface area (Å²) >= 11 is 0. The molecule has 1 saturated carbocycles. The van der Waals surface area contributed by atoms with Gasteiger partial charge in [-0.25, -0.2) is 0 Å². The molecule has 0 atom stereocenters. The topological polar surface area (TPSA) is 63.3 Å². The smallest absolute Gasteiger partial charge is 0.189 e. The van der Waals surface area contributed by atoms with Crippen LogP contribution >= 0.6 is 0 Å². The Hall–Kier alpha value is -0.670. The van der Waals surface area contributed by atoms with Gasteiger partial charge in [-0.2, -0.15) is 0 Å². The molecule has 0 saturated heterocycles. The lowest BCUT2D eigenvalue weighted by atomic mass is 9.78. The highest BCUT2D eigenvalue weighted by molar-refractivity contribution is 6.00. The lowest BCUT2D eigenvalue weighted by Crippen LogP contribution is -2.45. The van der Waals surface area contributed by atoms with E-state index in [0.717, 1.165) is 12.8 Å². The SMILES string of the molecule is C=C(C)C(=O)C1(O)CCC(N)CC1. The fourth-order valence-electron chi connectivity index (χ4n) is 1.74. The summed E-state index contributed by atoms with van der Waals surface area (Å²) in [6, 6.07) is 0.137. The zero-order valence-corrected chi connectivity index (χ0v) is 8.05.